The van der Waals surface area contributed by atoms with Crippen LogP contribution in [0.3, 0.4) is 0 Å². The summed E-state index contributed by atoms with van der Waals surface area (Å²) < 4.78 is 0. The second kappa shape index (κ2) is 4.18. The predicted molar refractivity (Wildman–Crippen MR) is 43.9 cm³/mol. The van der Waals surface area contributed by atoms with E-state index in [-0.39, 0.29) is 11.4 Å². The molecule has 2 unspecified atom stereocenters. The molecule has 0 rings (SSSR count). The summed E-state index contributed by atoms with van der Waals surface area (Å²) in [6.07, 6.45) is 0.556. The Kier molecular flexibility index (Phi) is 4.32. The van der Waals surface area contributed by atoms with Gasteiger partial charge < -0.3 is 5.11 Å². The molecule has 0 fully saturated rings. The third kappa shape index (κ3) is 3.11. The van der Waals surface area contributed by atoms with E-state index in [1.165, 1.54) is 0 Å². The van der Waals surface area contributed by atoms with Crippen LogP contribution in [0.5, 0.6) is 0 Å². The summed E-state index contributed by atoms with van der Waals surface area (Å²) >= 11 is 4.25. The van der Waals surface area contributed by atoms with Crippen molar-refractivity contribution < 1.29 is 5.11 Å². The van der Waals surface area contributed by atoms with Crippen molar-refractivity contribution in [2.75, 3.05) is 0 Å². The van der Waals surface area contributed by atoms with Crippen LogP contribution in [0.25, 0.3) is 0 Å². The Morgan fingerprint density at radius 2 is 1.89 bits per heavy atom. The molecule has 2 atom stereocenters. The molecule has 0 bridgehead atoms. The third-order valence-electron chi connectivity index (χ3n) is 1.50. The van der Waals surface area contributed by atoms with E-state index >= 15 is 0 Å². The molecule has 0 saturated carbocycles. The lowest BCUT2D eigenvalue weighted by atomic mass is 10.0. The Morgan fingerprint density at radius 1 is 1.44 bits per heavy atom. The van der Waals surface area contributed by atoms with Gasteiger partial charge >= 0.3 is 0 Å². The molecule has 9 heavy (non-hydrogen) atoms. The molecule has 0 heterocycles. The lowest BCUT2D eigenvalue weighted by Crippen LogP contribution is -2.24. The highest BCUT2D eigenvalue weighted by atomic mass is 32.1. The topological polar surface area (TPSA) is 20.2 Å². The summed E-state index contributed by atoms with van der Waals surface area (Å²) in [4.78, 5) is 0. The zero-order chi connectivity index (χ0) is 7.44. The normalized spacial score (nSPS) is 18.0. The average Bonchev–Trinajstić information content (AvgIpc) is 1.84. The van der Waals surface area contributed by atoms with Gasteiger partial charge in [0.15, 0.2) is 0 Å². The Labute approximate surface area is 62.9 Å². The fraction of sp³-hybridized carbons (Fsp3) is 1.00. The molecule has 0 aromatic rings. The number of hydrogen-bond acceptors (Lipinski definition) is 2. The molecule has 0 aliphatic heterocycles. The van der Waals surface area contributed by atoms with Gasteiger partial charge in [-0.05, 0) is 12.3 Å². The molecule has 1 nitrogen and oxygen atoms in total. The number of rotatable bonds is 3. The van der Waals surface area contributed by atoms with Crippen molar-refractivity contribution in [3.63, 3.8) is 0 Å². The molecule has 0 saturated heterocycles. The first-order chi connectivity index (χ1) is 4.09. The molecule has 0 radical (unpaired) electrons. The van der Waals surface area contributed by atoms with Crippen molar-refractivity contribution in [2.45, 2.75) is 38.5 Å². The number of aliphatic hydroxyl groups excluding tert-OH is 1. The van der Waals surface area contributed by atoms with Gasteiger partial charge in [-0.1, -0.05) is 20.8 Å². The highest BCUT2D eigenvalue weighted by Gasteiger charge is 2.15. The van der Waals surface area contributed by atoms with Crippen LogP contribution in [0.15, 0.2) is 0 Å². The van der Waals surface area contributed by atoms with Gasteiger partial charge in [-0.2, -0.15) is 12.6 Å². The zero-order valence-corrected chi connectivity index (χ0v) is 7.23. The van der Waals surface area contributed by atoms with Crippen LogP contribution in [0, 0.1) is 5.92 Å². The third-order valence-corrected chi connectivity index (χ3v) is 2.44. The summed E-state index contributed by atoms with van der Waals surface area (Å²) in [6.45, 7) is 6.10. The van der Waals surface area contributed by atoms with Crippen molar-refractivity contribution in [3.8, 4) is 0 Å². The van der Waals surface area contributed by atoms with Gasteiger partial charge in [-0.15, -0.1) is 0 Å². The second-order valence-electron chi connectivity index (χ2n) is 2.71. The largest absolute Gasteiger partial charge is 0.392 e. The summed E-state index contributed by atoms with van der Waals surface area (Å²) in [5, 5.41) is 9.35. The molecule has 0 aromatic carbocycles. The minimum atomic E-state index is -0.242. The molecule has 1 N–H and O–H groups in total. The van der Waals surface area contributed by atoms with E-state index in [0.29, 0.717) is 5.92 Å². The lowest BCUT2D eigenvalue weighted by Gasteiger charge is -2.19. The van der Waals surface area contributed by atoms with E-state index < -0.39 is 0 Å². The fourth-order valence-electron chi connectivity index (χ4n) is 0.686. The Morgan fingerprint density at radius 3 is 2.00 bits per heavy atom. The highest BCUT2D eigenvalue weighted by molar-refractivity contribution is 7.81. The fourth-order valence-corrected chi connectivity index (χ4v) is 0.897. The van der Waals surface area contributed by atoms with Gasteiger partial charge in [0.05, 0.1) is 6.10 Å². The monoisotopic (exact) mass is 148 g/mol. The quantitative estimate of drug-likeness (QED) is 0.584. The van der Waals surface area contributed by atoms with Gasteiger partial charge in [-0.25, -0.2) is 0 Å². The summed E-state index contributed by atoms with van der Waals surface area (Å²) in [6, 6.07) is 0. The van der Waals surface area contributed by atoms with E-state index in [1.54, 1.807) is 0 Å². The minimum absolute atomic E-state index is 0.134. The van der Waals surface area contributed by atoms with Crippen LogP contribution in [0.2, 0.25) is 0 Å². The van der Waals surface area contributed by atoms with Gasteiger partial charge in [0.1, 0.15) is 0 Å². The molecular formula is C7H16OS. The maximum Gasteiger partial charge on any atom is 0.0656 e. The minimum Gasteiger partial charge on any atom is -0.392 e. The van der Waals surface area contributed by atoms with E-state index in [2.05, 4.69) is 26.5 Å². The molecule has 56 valence electrons. The summed E-state index contributed by atoms with van der Waals surface area (Å²) in [5.41, 5.74) is 0. The molecular weight excluding hydrogens is 132 g/mol. The zero-order valence-electron chi connectivity index (χ0n) is 6.33. The molecule has 0 amide bonds. The molecule has 0 aliphatic rings. The van der Waals surface area contributed by atoms with Crippen molar-refractivity contribution in [2.24, 2.45) is 5.92 Å². The SMILES string of the molecule is CCC(O)C(S)C(C)C. The van der Waals surface area contributed by atoms with Crippen LogP contribution in [0.4, 0.5) is 0 Å². The van der Waals surface area contributed by atoms with Crippen LogP contribution in [-0.4, -0.2) is 16.5 Å². The van der Waals surface area contributed by atoms with Crippen LogP contribution in [0.1, 0.15) is 27.2 Å². The molecule has 0 spiro atoms. The number of aliphatic hydroxyl groups is 1. The van der Waals surface area contributed by atoms with Crippen LogP contribution in [-0.2, 0) is 0 Å². The Balaban J connectivity index is 3.58. The van der Waals surface area contributed by atoms with E-state index in [9.17, 15) is 5.11 Å². The van der Waals surface area contributed by atoms with Crippen LogP contribution >= 0.6 is 12.6 Å². The molecule has 2 heteroatoms. The number of thiol groups is 1. The molecule has 0 aromatic heterocycles. The van der Waals surface area contributed by atoms with Crippen molar-refractivity contribution in [3.05, 3.63) is 0 Å². The van der Waals surface area contributed by atoms with Gasteiger partial charge in [0.25, 0.3) is 0 Å². The van der Waals surface area contributed by atoms with E-state index in [4.69, 9.17) is 0 Å². The standard InChI is InChI=1S/C7H16OS/c1-4-6(8)7(9)5(2)3/h5-9H,4H2,1-3H3. The Bertz CT molecular complexity index is 73.3. The first-order valence-electron chi connectivity index (χ1n) is 3.45. The first-order valence-corrected chi connectivity index (χ1v) is 3.97. The maximum atomic E-state index is 9.22. The lowest BCUT2D eigenvalue weighted by molar-refractivity contribution is 0.152. The highest BCUT2D eigenvalue weighted by Crippen LogP contribution is 2.14. The van der Waals surface area contributed by atoms with Crippen LogP contribution < -0.4 is 0 Å². The second-order valence-corrected chi connectivity index (χ2v) is 3.31. The maximum absolute atomic E-state index is 9.22. The number of hydrogen-bond donors (Lipinski definition) is 2. The van der Waals surface area contributed by atoms with E-state index in [0.717, 1.165) is 6.42 Å². The van der Waals surface area contributed by atoms with Gasteiger partial charge in [0, 0.05) is 5.25 Å². The Hall–Kier alpha value is 0.310. The van der Waals surface area contributed by atoms with Crippen molar-refractivity contribution in [1.29, 1.82) is 0 Å². The molecule has 0 aliphatic carbocycles. The van der Waals surface area contributed by atoms with Crippen molar-refractivity contribution >= 4 is 12.6 Å². The smallest absolute Gasteiger partial charge is 0.0656 e. The van der Waals surface area contributed by atoms with Gasteiger partial charge in [-0.3, -0.25) is 0 Å². The average molecular weight is 148 g/mol. The predicted octanol–water partition coefficient (Wildman–Crippen LogP) is 1.71. The van der Waals surface area contributed by atoms with Gasteiger partial charge in [0.2, 0.25) is 0 Å². The van der Waals surface area contributed by atoms with E-state index in [1.807, 2.05) is 6.92 Å². The first kappa shape index (κ1) is 9.31. The summed E-state index contributed by atoms with van der Waals surface area (Å²) in [7, 11) is 0. The van der Waals surface area contributed by atoms with Crippen molar-refractivity contribution in [1.82, 2.24) is 0 Å². The summed E-state index contributed by atoms with van der Waals surface area (Å²) in [5.74, 6) is 0.461.